The van der Waals surface area contributed by atoms with Crippen LogP contribution < -0.4 is 0 Å². The predicted molar refractivity (Wildman–Crippen MR) is 80.2 cm³/mol. The zero-order valence-electron chi connectivity index (χ0n) is 11.8. The van der Waals surface area contributed by atoms with Gasteiger partial charge in [0.15, 0.2) is 0 Å². The second-order valence-corrected chi connectivity index (χ2v) is 6.19. The van der Waals surface area contributed by atoms with Crippen LogP contribution in [0.1, 0.15) is 43.7 Å². The molecule has 0 amide bonds. The summed E-state index contributed by atoms with van der Waals surface area (Å²) in [4.78, 5) is 0. The van der Waals surface area contributed by atoms with E-state index in [0.717, 1.165) is 18.4 Å². The minimum absolute atomic E-state index is 0.412. The lowest BCUT2D eigenvalue weighted by Gasteiger charge is -2.31. The molecule has 1 atom stereocenters. The van der Waals surface area contributed by atoms with E-state index in [4.69, 9.17) is 0 Å². The third kappa shape index (κ3) is 2.28. The first kappa shape index (κ1) is 12.7. The molecule has 2 aromatic rings. The molecule has 0 spiro atoms. The van der Waals surface area contributed by atoms with Crippen molar-refractivity contribution in [3.63, 3.8) is 0 Å². The molecule has 0 bridgehead atoms. The molecule has 1 heteroatoms. The van der Waals surface area contributed by atoms with Gasteiger partial charge in [0, 0.05) is 0 Å². The van der Waals surface area contributed by atoms with Crippen LogP contribution in [0.3, 0.4) is 0 Å². The minimum Gasteiger partial charge on any atom is -0.385 e. The zero-order chi connectivity index (χ0) is 13.5. The summed E-state index contributed by atoms with van der Waals surface area (Å²) in [7, 11) is 0. The second kappa shape index (κ2) is 4.64. The molecule has 1 unspecified atom stereocenters. The highest BCUT2D eigenvalue weighted by Crippen LogP contribution is 2.40. The lowest BCUT2D eigenvalue weighted by molar-refractivity contribution is -0.00320. The molecule has 0 aliphatic heterocycles. The number of hydrogen-bond acceptors (Lipinski definition) is 1. The molecule has 1 aliphatic rings. The van der Waals surface area contributed by atoms with Crippen molar-refractivity contribution in [2.45, 2.75) is 45.1 Å². The van der Waals surface area contributed by atoms with Gasteiger partial charge in [-0.3, -0.25) is 0 Å². The molecule has 2 aromatic carbocycles. The van der Waals surface area contributed by atoms with Crippen LogP contribution >= 0.6 is 0 Å². The number of aliphatic hydroxyl groups is 1. The van der Waals surface area contributed by atoms with Crippen LogP contribution in [-0.4, -0.2) is 5.11 Å². The molecule has 0 aromatic heterocycles. The van der Waals surface area contributed by atoms with Crippen molar-refractivity contribution in [3.05, 3.63) is 47.5 Å². The predicted octanol–water partition coefficient (Wildman–Crippen LogP) is 4.55. The fourth-order valence-corrected chi connectivity index (χ4v) is 3.40. The lowest BCUT2D eigenvalue weighted by Crippen LogP contribution is -2.29. The molecule has 0 saturated heterocycles. The Balaban J connectivity index is 2.02. The van der Waals surface area contributed by atoms with E-state index in [0.29, 0.717) is 5.92 Å². The van der Waals surface area contributed by atoms with Crippen LogP contribution in [0.25, 0.3) is 10.8 Å². The van der Waals surface area contributed by atoms with Crippen molar-refractivity contribution in [3.8, 4) is 0 Å². The van der Waals surface area contributed by atoms with Gasteiger partial charge >= 0.3 is 0 Å². The van der Waals surface area contributed by atoms with E-state index < -0.39 is 5.60 Å². The normalized spacial score (nSPS) is 19.7. The fourth-order valence-electron chi connectivity index (χ4n) is 3.40. The van der Waals surface area contributed by atoms with E-state index >= 15 is 0 Å². The first-order valence-corrected chi connectivity index (χ1v) is 7.30. The van der Waals surface area contributed by atoms with E-state index in [9.17, 15) is 5.11 Å². The van der Waals surface area contributed by atoms with Crippen molar-refractivity contribution in [1.82, 2.24) is 0 Å². The minimum atomic E-state index is -0.685. The highest BCUT2D eigenvalue weighted by Gasteiger charge is 2.35. The Labute approximate surface area is 115 Å². The Bertz CT molecular complexity index is 592. The average Bonchev–Trinajstić information content (AvgIpc) is 2.92. The van der Waals surface area contributed by atoms with Crippen LogP contribution in [0.2, 0.25) is 0 Å². The van der Waals surface area contributed by atoms with E-state index in [1.165, 1.54) is 29.2 Å². The number of hydrogen-bond donors (Lipinski definition) is 1. The van der Waals surface area contributed by atoms with Crippen LogP contribution in [0.4, 0.5) is 0 Å². The van der Waals surface area contributed by atoms with Crippen molar-refractivity contribution >= 4 is 10.8 Å². The number of aryl methyl sites for hydroxylation is 1. The Kier molecular flexibility index (Phi) is 3.10. The molecule has 0 heterocycles. The molecular formula is C18H22O. The molecule has 1 aliphatic carbocycles. The van der Waals surface area contributed by atoms with Crippen LogP contribution in [-0.2, 0) is 5.60 Å². The topological polar surface area (TPSA) is 20.2 Å². The van der Waals surface area contributed by atoms with Crippen LogP contribution in [0.15, 0.2) is 36.4 Å². The van der Waals surface area contributed by atoms with Gasteiger partial charge in [0.1, 0.15) is 0 Å². The van der Waals surface area contributed by atoms with Gasteiger partial charge in [0.25, 0.3) is 0 Å². The molecule has 1 saturated carbocycles. The van der Waals surface area contributed by atoms with Crippen LogP contribution in [0, 0.1) is 12.8 Å². The summed E-state index contributed by atoms with van der Waals surface area (Å²) in [5, 5.41) is 13.4. The number of fused-ring (bicyclic) bond motifs is 1. The number of rotatable bonds is 2. The van der Waals surface area contributed by atoms with E-state index in [1.807, 2.05) is 6.92 Å². The number of benzene rings is 2. The molecule has 0 radical (unpaired) electrons. The summed E-state index contributed by atoms with van der Waals surface area (Å²) in [5.74, 6) is 0.412. The SMILES string of the molecule is Cc1ccc2cc(C(C)(O)C3CCCC3)ccc2c1. The molecule has 1 nitrogen and oxygen atoms in total. The molecule has 100 valence electrons. The summed E-state index contributed by atoms with van der Waals surface area (Å²) in [5.41, 5.74) is 1.66. The fraction of sp³-hybridized carbons (Fsp3) is 0.444. The highest BCUT2D eigenvalue weighted by molar-refractivity contribution is 5.84. The summed E-state index contributed by atoms with van der Waals surface area (Å²) >= 11 is 0. The monoisotopic (exact) mass is 254 g/mol. The van der Waals surface area contributed by atoms with Crippen molar-refractivity contribution in [2.24, 2.45) is 5.92 Å². The smallest absolute Gasteiger partial charge is 0.0896 e. The van der Waals surface area contributed by atoms with E-state index in [2.05, 4.69) is 43.3 Å². The van der Waals surface area contributed by atoms with Gasteiger partial charge < -0.3 is 5.11 Å². The maximum absolute atomic E-state index is 10.9. The largest absolute Gasteiger partial charge is 0.385 e. The second-order valence-electron chi connectivity index (χ2n) is 6.19. The standard InChI is InChI=1S/C18H22O/c1-13-7-8-15-12-17(10-9-14(15)11-13)18(2,19)16-5-3-4-6-16/h7-12,16,19H,3-6H2,1-2H3. The molecular weight excluding hydrogens is 232 g/mol. The summed E-state index contributed by atoms with van der Waals surface area (Å²) in [6.07, 6.45) is 4.82. The van der Waals surface area contributed by atoms with Gasteiger partial charge in [-0.2, -0.15) is 0 Å². The first-order chi connectivity index (χ1) is 9.07. The van der Waals surface area contributed by atoms with Gasteiger partial charge in [-0.25, -0.2) is 0 Å². The van der Waals surface area contributed by atoms with Gasteiger partial charge in [-0.1, -0.05) is 48.7 Å². The molecule has 1 N–H and O–H groups in total. The average molecular weight is 254 g/mol. The summed E-state index contributed by atoms with van der Waals surface area (Å²) < 4.78 is 0. The zero-order valence-corrected chi connectivity index (χ0v) is 11.8. The quantitative estimate of drug-likeness (QED) is 0.833. The maximum atomic E-state index is 10.9. The van der Waals surface area contributed by atoms with Crippen molar-refractivity contribution in [1.29, 1.82) is 0 Å². The summed E-state index contributed by atoms with van der Waals surface area (Å²) in [6.45, 7) is 4.10. The molecule has 3 rings (SSSR count). The molecule has 19 heavy (non-hydrogen) atoms. The van der Waals surface area contributed by atoms with Crippen LogP contribution in [0.5, 0.6) is 0 Å². The highest BCUT2D eigenvalue weighted by atomic mass is 16.3. The Hall–Kier alpha value is -1.34. The maximum Gasteiger partial charge on any atom is 0.0896 e. The molecule has 1 fully saturated rings. The first-order valence-electron chi connectivity index (χ1n) is 7.30. The third-order valence-electron chi connectivity index (χ3n) is 4.73. The van der Waals surface area contributed by atoms with Gasteiger partial charge in [-0.05, 0) is 55.0 Å². The van der Waals surface area contributed by atoms with Gasteiger partial charge in [0.2, 0.25) is 0 Å². The lowest BCUT2D eigenvalue weighted by atomic mass is 9.81. The Morgan fingerprint density at radius 3 is 2.37 bits per heavy atom. The Morgan fingerprint density at radius 1 is 1.00 bits per heavy atom. The van der Waals surface area contributed by atoms with Gasteiger partial charge in [-0.15, -0.1) is 0 Å². The van der Waals surface area contributed by atoms with Crippen molar-refractivity contribution in [2.75, 3.05) is 0 Å². The van der Waals surface area contributed by atoms with E-state index in [-0.39, 0.29) is 0 Å². The van der Waals surface area contributed by atoms with Gasteiger partial charge in [0.05, 0.1) is 5.60 Å². The summed E-state index contributed by atoms with van der Waals surface area (Å²) in [6, 6.07) is 12.9. The van der Waals surface area contributed by atoms with E-state index in [1.54, 1.807) is 0 Å². The Morgan fingerprint density at radius 2 is 1.63 bits per heavy atom. The van der Waals surface area contributed by atoms with Crippen molar-refractivity contribution < 1.29 is 5.11 Å². The third-order valence-corrected chi connectivity index (χ3v) is 4.73.